The number of aryl methyl sites for hydroxylation is 1. The standard InChI is InChI=1S/C23H23N3/c1-16-5-8-19(9-6-16)17(2)12-21-10-7-18(14-25-21)13-20-15-26-23-22(20)4-3-11-24-23/h3-11,14-15,17H,12-13H2,1-2H3,(H,24,26). The van der Waals surface area contributed by atoms with Crippen LogP contribution < -0.4 is 0 Å². The summed E-state index contributed by atoms with van der Waals surface area (Å²) in [7, 11) is 0. The monoisotopic (exact) mass is 341 g/mol. The number of benzene rings is 1. The highest BCUT2D eigenvalue weighted by Gasteiger charge is 2.09. The Balaban J connectivity index is 1.45. The maximum atomic E-state index is 4.70. The van der Waals surface area contributed by atoms with Gasteiger partial charge in [-0.15, -0.1) is 0 Å². The van der Waals surface area contributed by atoms with Gasteiger partial charge in [0, 0.05) is 36.1 Å². The maximum absolute atomic E-state index is 4.70. The zero-order valence-corrected chi connectivity index (χ0v) is 15.2. The average Bonchev–Trinajstić information content (AvgIpc) is 3.07. The number of rotatable bonds is 5. The highest BCUT2D eigenvalue weighted by molar-refractivity contribution is 5.79. The van der Waals surface area contributed by atoms with E-state index in [2.05, 4.69) is 66.3 Å². The molecule has 1 atom stereocenters. The minimum absolute atomic E-state index is 0.466. The van der Waals surface area contributed by atoms with Crippen molar-refractivity contribution < 1.29 is 0 Å². The molecule has 1 aromatic carbocycles. The van der Waals surface area contributed by atoms with Crippen molar-refractivity contribution >= 4 is 11.0 Å². The van der Waals surface area contributed by atoms with Gasteiger partial charge in [-0.2, -0.15) is 0 Å². The van der Waals surface area contributed by atoms with Crippen LogP contribution in [0.3, 0.4) is 0 Å². The van der Waals surface area contributed by atoms with Crippen LogP contribution >= 0.6 is 0 Å². The predicted molar refractivity (Wildman–Crippen MR) is 106 cm³/mol. The zero-order valence-electron chi connectivity index (χ0n) is 15.2. The number of nitrogens with one attached hydrogen (secondary N) is 1. The number of hydrogen-bond acceptors (Lipinski definition) is 2. The van der Waals surface area contributed by atoms with Crippen molar-refractivity contribution in [3.8, 4) is 0 Å². The molecule has 3 heteroatoms. The molecule has 3 aromatic heterocycles. The van der Waals surface area contributed by atoms with Crippen LogP contribution in [0.15, 0.2) is 67.1 Å². The van der Waals surface area contributed by atoms with Crippen LogP contribution in [0, 0.1) is 6.92 Å². The van der Waals surface area contributed by atoms with Crippen molar-refractivity contribution in [1.29, 1.82) is 0 Å². The van der Waals surface area contributed by atoms with Gasteiger partial charge in [0.15, 0.2) is 0 Å². The molecule has 3 nitrogen and oxygen atoms in total. The molecule has 0 saturated heterocycles. The SMILES string of the molecule is Cc1ccc(C(C)Cc2ccc(Cc3c[nH]c4ncccc34)cn2)cc1. The molecule has 0 aliphatic carbocycles. The number of hydrogen-bond donors (Lipinski definition) is 1. The highest BCUT2D eigenvalue weighted by atomic mass is 14.8. The highest BCUT2D eigenvalue weighted by Crippen LogP contribution is 2.22. The van der Waals surface area contributed by atoms with Crippen LogP contribution in [0.25, 0.3) is 11.0 Å². The fraction of sp³-hybridized carbons (Fsp3) is 0.217. The number of nitrogens with zero attached hydrogens (tertiary/aromatic N) is 2. The van der Waals surface area contributed by atoms with Gasteiger partial charge in [-0.3, -0.25) is 4.98 Å². The van der Waals surface area contributed by atoms with Crippen LogP contribution in [-0.2, 0) is 12.8 Å². The molecule has 0 aliphatic heterocycles. The van der Waals surface area contributed by atoms with Crippen LogP contribution in [-0.4, -0.2) is 15.0 Å². The summed E-state index contributed by atoms with van der Waals surface area (Å²) in [6.45, 7) is 4.39. The summed E-state index contributed by atoms with van der Waals surface area (Å²) in [5, 5.41) is 1.18. The molecule has 0 spiro atoms. The zero-order chi connectivity index (χ0) is 17.9. The average molecular weight is 341 g/mol. The van der Waals surface area contributed by atoms with E-state index in [1.165, 1.54) is 27.6 Å². The van der Waals surface area contributed by atoms with Gasteiger partial charge in [0.05, 0.1) is 0 Å². The van der Waals surface area contributed by atoms with Gasteiger partial charge in [-0.25, -0.2) is 4.98 Å². The normalized spacial score (nSPS) is 12.4. The second-order valence-corrected chi connectivity index (χ2v) is 7.06. The maximum Gasteiger partial charge on any atom is 0.137 e. The van der Waals surface area contributed by atoms with Crippen LogP contribution in [0.2, 0.25) is 0 Å². The summed E-state index contributed by atoms with van der Waals surface area (Å²) in [6.07, 6.45) is 7.69. The van der Waals surface area contributed by atoms with E-state index < -0.39 is 0 Å². The van der Waals surface area contributed by atoms with Crippen molar-refractivity contribution in [2.45, 2.75) is 32.6 Å². The molecule has 130 valence electrons. The largest absolute Gasteiger partial charge is 0.346 e. The van der Waals surface area contributed by atoms with Crippen molar-refractivity contribution in [3.05, 3.63) is 95.1 Å². The van der Waals surface area contributed by atoms with Gasteiger partial charge in [-0.05, 0) is 54.2 Å². The quantitative estimate of drug-likeness (QED) is 0.542. The lowest BCUT2D eigenvalue weighted by Gasteiger charge is -2.12. The van der Waals surface area contributed by atoms with Crippen LogP contribution in [0.1, 0.15) is 40.8 Å². The number of H-pyrrole nitrogens is 1. The van der Waals surface area contributed by atoms with E-state index >= 15 is 0 Å². The molecule has 3 heterocycles. The Morgan fingerprint density at radius 1 is 1.00 bits per heavy atom. The van der Waals surface area contributed by atoms with Gasteiger partial charge in [0.25, 0.3) is 0 Å². The van der Waals surface area contributed by atoms with Crippen LogP contribution in [0.5, 0.6) is 0 Å². The van der Waals surface area contributed by atoms with Gasteiger partial charge >= 0.3 is 0 Å². The first-order valence-electron chi connectivity index (χ1n) is 9.10. The van der Waals surface area contributed by atoms with Crippen molar-refractivity contribution in [2.75, 3.05) is 0 Å². The first-order chi connectivity index (χ1) is 12.7. The smallest absolute Gasteiger partial charge is 0.137 e. The number of aromatic amines is 1. The van der Waals surface area contributed by atoms with Crippen LogP contribution in [0.4, 0.5) is 0 Å². The number of fused-ring (bicyclic) bond motifs is 1. The van der Waals surface area contributed by atoms with Crippen molar-refractivity contribution in [2.24, 2.45) is 0 Å². The van der Waals surface area contributed by atoms with E-state index in [-0.39, 0.29) is 0 Å². The minimum Gasteiger partial charge on any atom is -0.346 e. The third kappa shape index (κ3) is 3.52. The molecule has 0 fully saturated rings. The third-order valence-electron chi connectivity index (χ3n) is 4.98. The van der Waals surface area contributed by atoms with E-state index in [0.29, 0.717) is 5.92 Å². The Labute approximate surface area is 154 Å². The molecule has 4 aromatic rings. The fourth-order valence-electron chi connectivity index (χ4n) is 3.39. The molecule has 0 saturated carbocycles. The molecule has 0 amide bonds. The van der Waals surface area contributed by atoms with Crippen molar-refractivity contribution in [1.82, 2.24) is 15.0 Å². The summed E-state index contributed by atoms with van der Waals surface area (Å²) >= 11 is 0. The lowest BCUT2D eigenvalue weighted by atomic mass is 9.95. The Hall–Kier alpha value is -2.94. The summed E-state index contributed by atoms with van der Waals surface area (Å²) in [5.41, 5.74) is 7.24. The Morgan fingerprint density at radius 2 is 1.85 bits per heavy atom. The second-order valence-electron chi connectivity index (χ2n) is 7.06. The Kier molecular flexibility index (Phi) is 4.53. The Morgan fingerprint density at radius 3 is 2.62 bits per heavy atom. The first kappa shape index (κ1) is 16.5. The lowest BCUT2D eigenvalue weighted by molar-refractivity contribution is 0.739. The molecular weight excluding hydrogens is 318 g/mol. The molecule has 0 aliphatic rings. The topological polar surface area (TPSA) is 41.6 Å². The fourth-order valence-corrected chi connectivity index (χ4v) is 3.39. The summed E-state index contributed by atoms with van der Waals surface area (Å²) < 4.78 is 0. The second kappa shape index (κ2) is 7.12. The minimum atomic E-state index is 0.466. The van der Waals surface area contributed by atoms with E-state index in [1.54, 1.807) is 0 Å². The van der Waals surface area contributed by atoms with E-state index in [1.807, 2.05) is 24.7 Å². The van der Waals surface area contributed by atoms with E-state index in [9.17, 15) is 0 Å². The molecule has 0 radical (unpaired) electrons. The molecule has 0 bridgehead atoms. The molecule has 1 N–H and O–H groups in total. The Bertz CT molecular complexity index is 998. The first-order valence-corrected chi connectivity index (χ1v) is 9.10. The van der Waals surface area contributed by atoms with Gasteiger partial charge in [-0.1, -0.05) is 42.8 Å². The molecule has 26 heavy (non-hydrogen) atoms. The molecule has 1 unspecified atom stereocenters. The third-order valence-corrected chi connectivity index (χ3v) is 4.98. The summed E-state index contributed by atoms with van der Waals surface area (Å²) in [6, 6.07) is 17.2. The van der Waals surface area contributed by atoms with E-state index in [4.69, 9.17) is 4.98 Å². The lowest BCUT2D eigenvalue weighted by Crippen LogP contribution is -2.01. The summed E-state index contributed by atoms with van der Waals surface area (Å²) in [4.78, 5) is 12.3. The number of pyridine rings is 2. The van der Waals surface area contributed by atoms with Crippen molar-refractivity contribution in [3.63, 3.8) is 0 Å². The molecular formula is C23H23N3. The number of aromatic nitrogens is 3. The molecule has 4 rings (SSSR count). The van der Waals surface area contributed by atoms with Gasteiger partial charge in [0.1, 0.15) is 5.65 Å². The predicted octanol–water partition coefficient (Wildman–Crippen LogP) is 5.20. The van der Waals surface area contributed by atoms with E-state index in [0.717, 1.165) is 24.2 Å². The van der Waals surface area contributed by atoms with Gasteiger partial charge < -0.3 is 4.98 Å². The summed E-state index contributed by atoms with van der Waals surface area (Å²) in [5.74, 6) is 0.466. The van der Waals surface area contributed by atoms with Gasteiger partial charge in [0.2, 0.25) is 0 Å².